The van der Waals surface area contributed by atoms with Crippen molar-refractivity contribution in [1.29, 1.82) is 0 Å². The molecule has 3 rings (SSSR count). The van der Waals surface area contributed by atoms with Crippen molar-refractivity contribution in [2.75, 3.05) is 11.1 Å². The quantitative estimate of drug-likeness (QED) is 0.332. The molecule has 0 saturated heterocycles. The number of hydrogen-bond donors (Lipinski definition) is 1. The van der Waals surface area contributed by atoms with Crippen molar-refractivity contribution < 1.29 is 9.53 Å². The molecule has 0 bridgehead atoms. The summed E-state index contributed by atoms with van der Waals surface area (Å²) in [5.41, 5.74) is 0.456. The minimum atomic E-state index is -0.433. The average molecular weight is 520 g/mol. The van der Waals surface area contributed by atoms with Crippen molar-refractivity contribution in [2.24, 2.45) is 0 Å². The number of halogens is 4. The van der Waals surface area contributed by atoms with Crippen LogP contribution >= 0.6 is 58.2 Å². The number of nitrogens with one attached hydrogen (secondary N) is 1. The smallest absolute Gasteiger partial charge is 0.234 e. The summed E-state index contributed by atoms with van der Waals surface area (Å²) in [4.78, 5) is 12.4. The lowest BCUT2D eigenvalue weighted by Crippen LogP contribution is -2.15. The Morgan fingerprint density at radius 2 is 1.77 bits per heavy atom. The van der Waals surface area contributed by atoms with Gasteiger partial charge < -0.3 is 14.6 Å². The first kappa shape index (κ1) is 24.0. The Kier molecular flexibility index (Phi) is 8.36. The molecule has 0 fully saturated rings. The van der Waals surface area contributed by atoms with Gasteiger partial charge in [-0.1, -0.05) is 58.2 Å². The Bertz CT molecular complexity index is 1090. The van der Waals surface area contributed by atoms with Crippen molar-refractivity contribution in [1.82, 2.24) is 14.8 Å². The standard InChI is InChI=1S/C20H18Cl4N4O2S/c1-3-28-19(11(2)30-17-9-13(22)5-7-15(17)24)26-27-20(28)31-10-18(29)25-16-8-12(21)4-6-14(16)23/h4-9,11H,3,10H2,1-2H3,(H,25,29). The lowest BCUT2D eigenvalue weighted by atomic mass is 10.3. The second kappa shape index (κ2) is 10.8. The lowest BCUT2D eigenvalue weighted by Gasteiger charge is -2.16. The minimum absolute atomic E-state index is 0.121. The number of benzene rings is 2. The van der Waals surface area contributed by atoms with Crippen LogP contribution < -0.4 is 10.1 Å². The van der Waals surface area contributed by atoms with Crippen molar-refractivity contribution in [2.45, 2.75) is 31.7 Å². The number of amides is 1. The molecule has 1 atom stereocenters. The molecular formula is C20H18Cl4N4O2S. The fourth-order valence-electron chi connectivity index (χ4n) is 2.73. The fourth-order valence-corrected chi connectivity index (χ4v) is 4.20. The molecule has 0 aliphatic carbocycles. The summed E-state index contributed by atoms with van der Waals surface area (Å²) in [6.45, 7) is 4.40. The molecule has 0 saturated carbocycles. The van der Waals surface area contributed by atoms with Crippen molar-refractivity contribution in [3.63, 3.8) is 0 Å². The number of carbonyl (C=O) groups is 1. The molecule has 0 aliphatic rings. The summed E-state index contributed by atoms with van der Waals surface area (Å²) in [5.74, 6) is 0.950. The Labute approximate surface area is 204 Å². The molecule has 1 N–H and O–H groups in total. The SMILES string of the molecule is CCn1c(SCC(=O)Nc2cc(Cl)ccc2Cl)nnc1C(C)Oc1cc(Cl)ccc1Cl. The van der Waals surface area contributed by atoms with Gasteiger partial charge in [-0.2, -0.15) is 0 Å². The topological polar surface area (TPSA) is 69.0 Å². The van der Waals surface area contributed by atoms with Gasteiger partial charge in [0.15, 0.2) is 17.1 Å². The fraction of sp³-hybridized carbons (Fsp3) is 0.250. The van der Waals surface area contributed by atoms with Gasteiger partial charge in [-0.15, -0.1) is 10.2 Å². The summed E-state index contributed by atoms with van der Waals surface area (Å²) < 4.78 is 7.82. The molecule has 1 amide bonds. The number of carbonyl (C=O) groups excluding carboxylic acids is 1. The summed E-state index contributed by atoms with van der Waals surface area (Å²) in [5, 5.41) is 13.7. The highest BCUT2D eigenvalue weighted by atomic mass is 35.5. The molecule has 1 heterocycles. The molecule has 31 heavy (non-hydrogen) atoms. The normalized spacial score (nSPS) is 11.9. The third-order valence-corrected chi connectivity index (χ3v) is 6.24. The maximum Gasteiger partial charge on any atom is 0.234 e. The molecule has 0 spiro atoms. The summed E-state index contributed by atoms with van der Waals surface area (Å²) in [6, 6.07) is 9.88. The van der Waals surface area contributed by atoms with E-state index in [9.17, 15) is 4.79 Å². The van der Waals surface area contributed by atoms with Crippen LogP contribution in [-0.4, -0.2) is 26.4 Å². The van der Waals surface area contributed by atoms with Gasteiger partial charge in [-0.05, 0) is 44.2 Å². The second-order valence-corrected chi connectivity index (χ2v) is 9.01. The highest BCUT2D eigenvalue weighted by Gasteiger charge is 2.20. The molecular weight excluding hydrogens is 502 g/mol. The zero-order valence-corrected chi connectivity index (χ0v) is 20.4. The van der Waals surface area contributed by atoms with Crippen molar-refractivity contribution in [3.8, 4) is 5.75 Å². The third kappa shape index (κ3) is 6.20. The van der Waals surface area contributed by atoms with Gasteiger partial charge in [0.1, 0.15) is 5.75 Å². The molecule has 6 nitrogen and oxygen atoms in total. The van der Waals surface area contributed by atoms with Gasteiger partial charge in [0.05, 0.1) is 21.5 Å². The Balaban J connectivity index is 1.67. The van der Waals surface area contributed by atoms with Crippen LogP contribution in [-0.2, 0) is 11.3 Å². The maximum absolute atomic E-state index is 12.4. The number of anilines is 1. The number of rotatable bonds is 8. The van der Waals surface area contributed by atoms with Crippen LogP contribution in [0.5, 0.6) is 5.75 Å². The molecule has 3 aromatic rings. The Morgan fingerprint density at radius 3 is 2.48 bits per heavy atom. The Morgan fingerprint density at radius 1 is 1.10 bits per heavy atom. The van der Waals surface area contributed by atoms with E-state index in [1.54, 1.807) is 36.4 Å². The first-order chi connectivity index (χ1) is 14.8. The summed E-state index contributed by atoms with van der Waals surface area (Å²) in [6.07, 6.45) is -0.433. The minimum Gasteiger partial charge on any atom is -0.481 e. The van der Waals surface area contributed by atoms with Gasteiger partial charge in [0.25, 0.3) is 0 Å². The summed E-state index contributed by atoms with van der Waals surface area (Å²) in [7, 11) is 0. The molecule has 1 aromatic heterocycles. The highest BCUT2D eigenvalue weighted by Crippen LogP contribution is 2.32. The Hall–Kier alpha value is -1.64. The van der Waals surface area contributed by atoms with Gasteiger partial charge in [-0.25, -0.2) is 0 Å². The zero-order valence-electron chi connectivity index (χ0n) is 16.5. The van der Waals surface area contributed by atoms with Crippen molar-refractivity contribution in [3.05, 3.63) is 62.3 Å². The predicted octanol–water partition coefficient (Wildman–Crippen LogP) is 6.78. The van der Waals surface area contributed by atoms with E-state index in [4.69, 9.17) is 51.1 Å². The van der Waals surface area contributed by atoms with E-state index in [-0.39, 0.29) is 11.7 Å². The van der Waals surface area contributed by atoms with E-state index < -0.39 is 6.10 Å². The zero-order chi connectivity index (χ0) is 22.5. The number of nitrogens with zero attached hydrogens (tertiary/aromatic N) is 3. The van der Waals surface area contributed by atoms with Crippen LogP contribution in [0.15, 0.2) is 41.6 Å². The molecule has 11 heteroatoms. The number of ether oxygens (including phenoxy) is 1. The molecule has 1 unspecified atom stereocenters. The van der Waals surface area contributed by atoms with E-state index in [0.717, 1.165) is 0 Å². The second-order valence-electron chi connectivity index (χ2n) is 6.38. The molecule has 164 valence electrons. The van der Waals surface area contributed by atoms with Crippen LogP contribution in [0, 0.1) is 0 Å². The predicted molar refractivity (Wildman–Crippen MR) is 127 cm³/mol. The largest absolute Gasteiger partial charge is 0.481 e. The highest BCUT2D eigenvalue weighted by molar-refractivity contribution is 7.99. The van der Waals surface area contributed by atoms with Crippen LogP contribution in [0.2, 0.25) is 20.1 Å². The van der Waals surface area contributed by atoms with E-state index in [2.05, 4.69) is 15.5 Å². The number of aromatic nitrogens is 3. The van der Waals surface area contributed by atoms with Crippen LogP contribution in [0.1, 0.15) is 25.8 Å². The molecule has 0 aliphatic heterocycles. The first-order valence-electron chi connectivity index (χ1n) is 9.21. The number of thioether (sulfide) groups is 1. The first-order valence-corrected chi connectivity index (χ1v) is 11.7. The van der Waals surface area contributed by atoms with Crippen LogP contribution in [0.4, 0.5) is 5.69 Å². The number of hydrogen-bond acceptors (Lipinski definition) is 5. The van der Waals surface area contributed by atoms with E-state index in [1.165, 1.54) is 11.8 Å². The van der Waals surface area contributed by atoms with Gasteiger partial charge in [0.2, 0.25) is 5.91 Å². The van der Waals surface area contributed by atoms with Crippen LogP contribution in [0.3, 0.4) is 0 Å². The third-order valence-electron chi connectivity index (χ3n) is 4.16. The van der Waals surface area contributed by atoms with Gasteiger partial charge in [-0.3, -0.25) is 4.79 Å². The maximum atomic E-state index is 12.4. The van der Waals surface area contributed by atoms with Gasteiger partial charge in [0, 0.05) is 22.7 Å². The van der Waals surface area contributed by atoms with E-state index >= 15 is 0 Å². The average Bonchev–Trinajstić information content (AvgIpc) is 3.15. The van der Waals surface area contributed by atoms with Gasteiger partial charge >= 0.3 is 0 Å². The van der Waals surface area contributed by atoms with E-state index in [1.807, 2.05) is 18.4 Å². The summed E-state index contributed by atoms with van der Waals surface area (Å²) >= 11 is 25.5. The van der Waals surface area contributed by atoms with Crippen molar-refractivity contribution >= 4 is 69.8 Å². The lowest BCUT2D eigenvalue weighted by molar-refractivity contribution is -0.113. The van der Waals surface area contributed by atoms with E-state index in [0.29, 0.717) is 49.1 Å². The molecule has 2 aromatic carbocycles. The molecule has 0 radical (unpaired) electrons. The van der Waals surface area contributed by atoms with Crippen LogP contribution in [0.25, 0.3) is 0 Å². The monoisotopic (exact) mass is 518 g/mol.